The van der Waals surface area contributed by atoms with Gasteiger partial charge in [-0.2, -0.15) is 0 Å². The molecule has 0 saturated carbocycles. The third-order valence-electron chi connectivity index (χ3n) is 9.26. The Kier molecular flexibility index (Phi) is 5.04. The van der Waals surface area contributed by atoms with Crippen molar-refractivity contribution >= 4 is 59.3 Å². The Bertz CT molecular complexity index is 3740. The Morgan fingerprint density at radius 2 is 0.926 bits per heavy atom. The van der Waals surface area contributed by atoms with Gasteiger partial charge in [0.2, 0.25) is 0 Å². The third-order valence-corrected chi connectivity index (χ3v) is 10.4. The zero-order chi connectivity index (χ0) is 48.9. The van der Waals surface area contributed by atoms with Crippen LogP contribution in [0.3, 0.4) is 0 Å². The first-order valence-electron chi connectivity index (χ1n) is 24.7. The summed E-state index contributed by atoms with van der Waals surface area (Å²) in [5, 5.41) is 0.935. The van der Waals surface area contributed by atoms with E-state index in [2.05, 4.69) is 0 Å². The maximum Gasteiger partial charge on any atom is 0.0645 e. The van der Waals surface area contributed by atoms with Gasteiger partial charge in [0.1, 0.15) is 0 Å². The lowest BCUT2D eigenvalue weighted by Gasteiger charge is -2.27. The standard InChI is InChI=1S/C52H35NS/c1-4-12-36(13-5-1)40-20-22-43-33-41(21-23-42(43)32-40)37-24-26-44(27-25-37)53(46-29-31-52-50(35-46)48-18-10-11-19-51(48)54-52)45-28-30-47(38-14-6-2-7-15-38)49(34-45)39-16-8-3-9-17-39/h1-35H/i1D,4D,5D,12D,13D,20D,21D,22D,23D,24D,25D,26D,27D,32D,33D. The summed E-state index contributed by atoms with van der Waals surface area (Å²) in [5.41, 5.74) is 2.32. The second kappa shape index (κ2) is 13.7. The van der Waals surface area contributed by atoms with Gasteiger partial charge in [0, 0.05) is 37.2 Å². The molecule has 1 aromatic heterocycles. The van der Waals surface area contributed by atoms with E-state index < -0.39 is 124 Å². The van der Waals surface area contributed by atoms with Crippen LogP contribution in [0.15, 0.2) is 212 Å². The van der Waals surface area contributed by atoms with Crippen molar-refractivity contribution in [2.45, 2.75) is 0 Å². The smallest absolute Gasteiger partial charge is 0.0645 e. The van der Waals surface area contributed by atoms with Crippen molar-refractivity contribution in [1.29, 1.82) is 0 Å². The second-order valence-corrected chi connectivity index (χ2v) is 13.6. The van der Waals surface area contributed by atoms with Crippen LogP contribution < -0.4 is 4.90 Å². The summed E-state index contributed by atoms with van der Waals surface area (Å²) < 4.78 is 137. The fourth-order valence-corrected chi connectivity index (χ4v) is 7.79. The lowest BCUT2D eigenvalue weighted by atomic mass is 9.93. The first-order valence-corrected chi connectivity index (χ1v) is 18.0. The van der Waals surface area contributed by atoms with Crippen LogP contribution in [0.1, 0.15) is 20.6 Å². The molecule has 0 fully saturated rings. The highest BCUT2D eigenvalue weighted by Crippen LogP contribution is 2.44. The topological polar surface area (TPSA) is 3.24 Å². The lowest BCUT2D eigenvalue weighted by Crippen LogP contribution is -2.10. The van der Waals surface area contributed by atoms with Gasteiger partial charge >= 0.3 is 0 Å². The van der Waals surface area contributed by atoms with E-state index in [9.17, 15) is 9.60 Å². The second-order valence-electron chi connectivity index (χ2n) is 12.5. The zero-order valence-corrected chi connectivity index (χ0v) is 29.2. The van der Waals surface area contributed by atoms with Gasteiger partial charge in [-0.05, 0) is 116 Å². The van der Waals surface area contributed by atoms with Crippen molar-refractivity contribution in [1.82, 2.24) is 0 Å². The molecule has 0 spiro atoms. The summed E-state index contributed by atoms with van der Waals surface area (Å²) in [6, 6.07) is 28.5. The van der Waals surface area contributed by atoms with Crippen molar-refractivity contribution < 1.29 is 20.6 Å². The van der Waals surface area contributed by atoms with Gasteiger partial charge in [0.25, 0.3) is 0 Å². The van der Waals surface area contributed by atoms with Gasteiger partial charge in [-0.15, -0.1) is 11.3 Å². The Hall–Kier alpha value is -6.74. The highest BCUT2D eigenvalue weighted by molar-refractivity contribution is 7.25. The van der Waals surface area contributed by atoms with Crippen LogP contribution in [0.2, 0.25) is 0 Å². The molecule has 254 valence electrons. The number of thiophene rings is 1. The number of rotatable bonds is 7. The first-order chi connectivity index (χ1) is 33.0. The molecule has 0 radical (unpaired) electrons. The van der Waals surface area contributed by atoms with Gasteiger partial charge in [-0.1, -0.05) is 151 Å². The predicted molar refractivity (Wildman–Crippen MR) is 233 cm³/mol. The number of hydrogen-bond acceptors (Lipinski definition) is 2. The Balaban J connectivity index is 1.23. The molecule has 10 rings (SSSR count). The van der Waals surface area contributed by atoms with Crippen LogP contribution in [-0.4, -0.2) is 0 Å². The predicted octanol–water partition coefficient (Wildman–Crippen LogP) is 15.3. The van der Waals surface area contributed by atoms with Gasteiger partial charge in [0.05, 0.1) is 20.6 Å². The molecular formula is C52H35NS. The van der Waals surface area contributed by atoms with Crippen LogP contribution in [0.5, 0.6) is 0 Å². The molecule has 9 aromatic carbocycles. The lowest BCUT2D eigenvalue weighted by molar-refractivity contribution is 1.29. The quantitative estimate of drug-likeness (QED) is 0.158. The van der Waals surface area contributed by atoms with Crippen molar-refractivity contribution in [2.75, 3.05) is 4.90 Å². The molecule has 0 amide bonds. The van der Waals surface area contributed by atoms with E-state index in [1.54, 1.807) is 16.2 Å². The van der Waals surface area contributed by atoms with E-state index in [1.165, 1.54) is 0 Å². The molecule has 0 aliphatic rings. The first kappa shape index (κ1) is 19.9. The van der Waals surface area contributed by atoms with Gasteiger partial charge < -0.3 is 4.90 Å². The number of anilines is 3. The van der Waals surface area contributed by atoms with E-state index in [-0.39, 0.29) is 5.69 Å². The minimum Gasteiger partial charge on any atom is -0.310 e. The molecule has 54 heavy (non-hydrogen) atoms. The fourth-order valence-electron chi connectivity index (χ4n) is 6.70. The number of fused-ring (bicyclic) bond motifs is 4. The van der Waals surface area contributed by atoms with Crippen molar-refractivity contribution in [3.05, 3.63) is 212 Å². The summed E-state index contributed by atoms with van der Waals surface area (Å²) >= 11 is 1.61. The van der Waals surface area contributed by atoms with E-state index in [4.69, 9.17) is 11.0 Å². The summed E-state index contributed by atoms with van der Waals surface area (Å²) in [5.74, 6) is 0. The normalized spacial score (nSPS) is 15.2. The molecule has 2 heteroatoms. The Labute approximate surface area is 340 Å². The monoisotopic (exact) mass is 720 g/mol. The SMILES string of the molecule is [2H]c1c([2H])c([2H])c(-c2c([2H])c([2H])c3c([2H])c(-c4c([2H])c([2H])c(N(c5ccc(-c6ccccc6)c(-c6ccccc6)c5)c5ccc6sc7ccccc7c6c5)c([2H])c4[2H])c([2H])c([2H])c3c2[2H])c([2H])c1[2H]. The maximum absolute atomic E-state index is 9.72. The molecule has 1 heterocycles. The largest absolute Gasteiger partial charge is 0.310 e. The molecule has 10 aromatic rings. The van der Waals surface area contributed by atoms with Crippen LogP contribution in [0, 0.1) is 0 Å². The van der Waals surface area contributed by atoms with Crippen LogP contribution in [0.25, 0.3) is 75.5 Å². The minimum absolute atomic E-state index is 0.143. The van der Waals surface area contributed by atoms with Crippen LogP contribution in [-0.2, 0) is 0 Å². The fraction of sp³-hybridized carbons (Fsp3) is 0. The third kappa shape index (κ3) is 5.93. The van der Waals surface area contributed by atoms with E-state index >= 15 is 0 Å². The van der Waals surface area contributed by atoms with Gasteiger partial charge in [-0.25, -0.2) is 0 Å². The molecule has 0 saturated heterocycles. The highest BCUT2D eigenvalue weighted by atomic mass is 32.1. The van der Waals surface area contributed by atoms with Crippen molar-refractivity contribution in [3.8, 4) is 44.5 Å². The average molecular weight is 721 g/mol. The zero-order valence-electron chi connectivity index (χ0n) is 43.4. The summed E-state index contributed by atoms with van der Waals surface area (Å²) in [6.07, 6.45) is 0. The van der Waals surface area contributed by atoms with Gasteiger partial charge in [0.15, 0.2) is 0 Å². The Morgan fingerprint density at radius 3 is 1.63 bits per heavy atom. The molecule has 0 N–H and O–H groups in total. The molecular weight excluding hydrogens is 671 g/mol. The van der Waals surface area contributed by atoms with Crippen molar-refractivity contribution in [2.24, 2.45) is 0 Å². The van der Waals surface area contributed by atoms with E-state index in [0.717, 1.165) is 42.4 Å². The average Bonchev–Trinajstić information content (AvgIpc) is 3.74. The molecule has 0 unspecified atom stereocenters. The van der Waals surface area contributed by atoms with Crippen LogP contribution in [0.4, 0.5) is 17.1 Å². The van der Waals surface area contributed by atoms with Gasteiger partial charge in [-0.3, -0.25) is 0 Å². The summed E-state index contributed by atoms with van der Waals surface area (Å²) in [6.45, 7) is 0. The number of nitrogens with zero attached hydrogens (tertiary/aromatic N) is 1. The van der Waals surface area contributed by atoms with Crippen molar-refractivity contribution in [3.63, 3.8) is 0 Å². The molecule has 1 nitrogen and oxygen atoms in total. The van der Waals surface area contributed by atoms with E-state index in [0.29, 0.717) is 11.4 Å². The van der Waals surface area contributed by atoms with E-state index in [1.807, 2.05) is 121 Å². The summed E-state index contributed by atoms with van der Waals surface area (Å²) in [7, 11) is 0. The molecule has 0 bridgehead atoms. The Morgan fingerprint density at radius 1 is 0.370 bits per heavy atom. The molecule has 0 atom stereocenters. The minimum atomic E-state index is -0.781. The molecule has 0 aliphatic carbocycles. The van der Waals surface area contributed by atoms with Crippen LogP contribution >= 0.6 is 11.3 Å². The highest BCUT2D eigenvalue weighted by Gasteiger charge is 2.18. The summed E-state index contributed by atoms with van der Waals surface area (Å²) in [4.78, 5) is 1.66. The maximum atomic E-state index is 9.72. The molecule has 0 aliphatic heterocycles. The number of hydrogen-bond donors (Lipinski definition) is 0. The number of benzene rings is 9.